The maximum absolute atomic E-state index is 12.5. The third-order valence-corrected chi connectivity index (χ3v) is 5.03. The quantitative estimate of drug-likeness (QED) is 0.296. The third kappa shape index (κ3) is 4.62. The Hall–Kier alpha value is -4.40. The molecule has 4 aromatic rings. The number of para-hydroxylation sites is 1. The van der Waals surface area contributed by atoms with Crippen LogP contribution in [0.25, 0.3) is 16.9 Å². The Balaban J connectivity index is 1.49. The number of aromatic nitrogens is 4. The third-order valence-electron chi connectivity index (χ3n) is 5.03. The molecule has 0 aliphatic carbocycles. The van der Waals surface area contributed by atoms with Crippen LogP contribution in [0.3, 0.4) is 0 Å². The van der Waals surface area contributed by atoms with Gasteiger partial charge in [0.2, 0.25) is 0 Å². The average Bonchev–Trinajstić information content (AvgIpc) is 3.40. The van der Waals surface area contributed by atoms with Gasteiger partial charge in [-0.2, -0.15) is 15.3 Å². The molecule has 0 bridgehead atoms. The number of aromatic hydroxyl groups is 1. The highest BCUT2D eigenvalue weighted by Gasteiger charge is 2.18. The molecule has 33 heavy (non-hydrogen) atoms. The number of ether oxygens (including phenoxy) is 1. The van der Waals surface area contributed by atoms with Crippen LogP contribution in [0.1, 0.15) is 34.4 Å². The van der Waals surface area contributed by atoms with Crippen LogP contribution < -0.4 is 10.2 Å². The molecule has 3 N–H and O–H groups in total. The molecule has 0 atom stereocenters. The number of carbonyl (C=O) groups excluding carboxylic acids is 1. The van der Waals surface area contributed by atoms with Crippen molar-refractivity contribution in [1.29, 1.82) is 0 Å². The van der Waals surface area contributed by atoms with Crippen molar-refractivity contribution in [2.45, 2.75) is 20.8 Å². The number of hydrogen-bond donors (Lipinski definition) is 3. The minimum atomic E-state index is -0.431. The normalized spacial score (nSPS) is 11.1. The number of hydrazone groups is 1. The van der Waals surface area contributed by atoms with Gasteiger partial charge in [-0.3, -0.25) is 9.89 Å². The Labute approximate surface area is 190 Å². The van der Waals surface area contributed by atoms with Crippen molar-refractivity contribution in [2.75, 3.05) is 6.61 Å². The molecule has 0 radical (unpaired) electrons. The summed E-state index contributed by atoms with van der Waals surface area (Å²) in [5.74, 6) is -0.0310. The van der Waals surface area contributed by atoms with Crippen molar-refractivity contribution in [3.63, 3.8) is 0 Å². The zero-order chi connectivity index (χ0) is 23.4. The number of phenolic OH excluding ortho intramolecular Hbond substituents is 1. The lowest BCUT2D eigenvalue weighted by atomic mass is 10.1. The molecule has 0 spiro atoms. The van der Waals surface area contributed by atoms with E-state index in [1.54, 1.807) is 18.2 Å². The van der Waals surface area contributed by atoms with Crippen LogP contribution in [-0.2, 0) is 0 Å². The number of hydrogen-bond acceptors (Lipinski definition) is 6. The van der Waals surface area contributed by atoms with Crippen LogP contribution in [0.5, 0.6) is 11.5 Å². The summed E-state index contributed by atoms with van der Waals surface area (Å²) in [7, 11) is 0. The molecule has 0 saturated heterocycles. The fraction of sp³-hybridized carbons (Fsp3) is 0.167. The van der Waals surface area contributed by atoms with Crippen LogP contribution in [-0.4, -0.2) is 43.8 Å². The summed E-state index contributed by atoms with van der Waals surface area (Å²) in [6.07, 6.45) is 1.47. The Morgan fingerprint density at radius 2 is 2.00 bits per heavy atom. The van der Waals surface area contributed by atoms with Gasteiger partial charge in [0.25, 0.3) is 5.91 Å². The van der Waals surface area contributed by atoms with E-state index in [0.29, 0.717) is 23.6 Å². The lowest BCUT2D eigenvalue weighted by molar-refractivity contribution is 0.0950. The first-order valence-corrected chi connectivity index (χ1v) is 10.4. The van der Waals surface area contributed by atoms with Crippen LogP contribution in [0.15, 0.2) is 59.7 Å². The molecule has 0 aliphatic heterocycles. The highest BCUT2D eigenvalue weighted by molar-refractivity contribution is 5.94. The molecule has 2 aromatic carbocycles. The van der Waals surface area contributed by atoms with Gasteiger partial charge in [-0.25, -0.2) is 10.1 Å². The molecular weight excluding hydrogens is 420 g/mol. The van der Waals surface area contributed by atoms with Gasteiger partial charge in [-0.1, -0.05) is 18.2 Å². The van der Waals surface area contributed by atoms with Crippen LogP contribution in [0.2, 0.25) is 0 Å². The summed E-state index contributed by atoms with van der Waals surface area (Å²) in [5.41, 5.74) is 7.59. The Bertz CT molecular complexity index is 1310. The van der Waals surface area contributed by atoms with E-state index in [4.69, 9.17) is 4.74 Å². The predicted molar refractivity (Wildman–Crippen MR) is 125 cm³/mol. The topological polar surface area (TPSA) is 117 Å². The fourth-order valence-electron chi connectivity index (χ4n) is 3.51. The van der Waals surface area contributed by atoms with Crippen LogP contribution >= 0.6 is 0 Å². The summed E-state index contributed by atoms with van der Waals surface area (Å²) in [4.78, 5) is 12.5. The van der Waals surface area contributed by atoms with E-state index in [9.17, 15) is 9.90 Å². The van der Waals surface area contributed by atoms with Crippen molar-refractivity contribution < 1.29 is 14.6 Å². The molecule has 0 fully saturated rings. The van der Waals surface area contributed by atoms with E-state index >= 15 is 0 Å². The monoisotopic (exact) mass is 444 g/mol. The molecule has 9 heteroatoms. The van der Waals surface area contributed by atoms with Gasteiger partial charge in [-0.05, 0) is 62.7 Å². The summed E-state index contributed by atoms with van der Waals surface area (Å²) >= 11 is 0. The van der Waals surface area contributed by atoms with Gasteiger partial charge in [0.1, 0.15) is 5.69 Å². The first-order chi connectivity index (χ1) is 16.0. The number of benzene rings is 2. The molecule has 2 heterocycles. The molecular formula is C24H24N6O3. The highest BCUT2D eigenvalue weighted by Crippen LogP contribution is 2.28. The number of nitrogens with one attached hydrogen (secondary N) is 2. The molecule has 4 rings (SSSR count). The number of H-pyrrole nitrogens is 1. The molecule has 0 saturated carbocycles. The minimum absolute atomic E-state index is 0.0456. The average molecular weight is 444 g/mol. The van der Waals surface area contributed by atoms with Crippen molar-refractivity contribution in [2.24, 2.45) is 5.10 Å². The van der Waals surface area contributed by atoms with E-state index in [1.165, 1.54) is 12.3 Å². The number of rotatable bonds is 7. The van der Waals surface area contributed by atoms with Gasteiger partial charge >= 0.3 is 0 Å². The first-order valence-electron chi connectivity index (χ1n) is 10.4. The zero-order valence-electron chi connectivity index (χ0n) is 18.5. The summed E-state index contributed by atoms with van der Waals surface area (Å²) in [6.45, 7) is 6.13. The zero-order valence-corrected chi connectivity index (χ0v) is 18.5. The second kappa shape index (κ2) is 9.39. The highest BCUT2D eigenvalue weighted by atomic mass is 16.5. The Morgan fingerprint density at radius 3 is 2.76 bits per heavy atom. The number of nitrogens with zero attached hydrogens (tertiary/aromatic N) is 4. The van der Waals surface area contributed by atoms with E-state index in [2.05, 4.69) is 25.8 Å². The van der Waals surface area contributed by atoms with Crippen LogP contribution in [0, 0.1) is 13.8 Å². The summed E-state index contributed by atoms with van der Waals surface area (Å²) < 4.78 is 7.21. The smallest absolute Gasteiger partial charge is 0.289 e. The largest absolute Gasteiger partial charge is 0.504 e. The SMILES string of the molecule is CCOc1cc(/C=N\NC(=O)c2cc(-c3c(C)nn(-c4ccccc4)c3C)n[nH]2)ccc1O. The van der Waals surface area contributed by atoms with E-state index in [1.807, 2.05) is 55.8 Å². The number of aromatic amines is 1. The summed E-state index contributed by atoms with van der Waals surface area (Å²) in [6, 6.07) is 16.3. The first kappa shape index (κ1) is 21.8. The van der Waals surface area contributed by atoms with Gasteiger partial charge in [0.05, 0.1) is 35.6 Å². The van der Waals surface area contributed by atoms with Crippen molar-refractivity contribution >= 4 is 12.1 Å². The van der Waals surface area contributed by atoms with E-state index < -0.39 is 5.91 Å². The number of aryl methyl sites for hydroxylation is 1. The predicted octanol–water partition coefficient (Wildman–Crippen LogP) is 3.75. The standard InChI is InChI=1S/C24H24N6O3/c1-4-33-22-12-17(10-11-21(22)31)14-25-28-24(32)20-13-19(26-27-20)23-15(2)29-30(16(23)3)18-8-6-5-7-9-18/h5-14,31H,4H2,1-3H3,(H,26,27)(H,28,32)/b25-14-. The van der Waals surface area contributed by atoms with Crippen molar-refractivity contribution in [3.05, 3.63) is 77.2 Å². The number of amides is 1. The Morgan fingerprint density at radius 1 is 1.21 bits per heavy atom. The molecule has 0 aliphatic rings. The van der Waals surface area contributed by atoms with Gasteiger partial charge in [0.15, 0.2) is 11.5 Å². The molecule has 9 nitrogen and oxygen atoms in total. The van der Waals surface area contributed by atoms with Crippen LogP contribution in [0.4, 0.5) is 0 Å². The second-order valence-electron chi connectivity index (χ2n) is 7.32. The summed E-state index contributed by atoms with van der Waals surface area (Å²) in [5, 5.41) is 25.5. The van der Waals surface area contributed by atoms with E-state index in [0.717, 1.165) is 22.6 Å². The molecule has 168 valence electrons. The number of phenols is 1. The van der Waals surface area contributed by atoms with Gasteiger partial charge in [0, 0.05) is 5.56 Å². The van der Waals surface area contributed by atoms with Gasteiger partial charge < -0.3 is 9.84 Å². The lowest BCUT2D eigenvalue weighted by Gasteiger charge is -2.05. The fourth-order valence-corrected chi connectivity index (χ4v) is 3.51. The maximum atomic E-state index is 12.5. The van der Waals surface area contributed by atoms with Crippen molar-refractivity contribution in [1.82, 2.24) is 25.4 Å². The van der Waals surface area contributed by atoms with E-state index in [-0.39, 0.29) is 11.4 Å². The minimum Gasteiger partial charge on any atom is -0.504 e. The number of carbonyl (C=O) groups is 1. The maximum Gasteiger partial charge on any atom is 0.289 e. The molecule has 1 amide bonds. The lowest BCUT2D eigenvalue weighted by Crippen LogP contribution is -2.18. The Kier molecular flexibility index (Phi) is 6.21. The van der Waals surface area contributed by atoms with Gasteiger partial charge in [-0.15, -0.1) is 0 Å². The molecule has 0 unspecified atom stereocenters. The second-order valence-corrected chi connectivity index (χ2v) is 7.32. The van der Waals surface area contributed by atoms with Crippen molar-refractivity contribution in [3.8, 4) is 28.4 Å². The molecule has 2 aromatic heterocycles.